The van der Waals surface area contributed by atoms with Crippen LogP contribution < -0.4 is 5.32 Å². The van der Waals surface area contributed by atoms with Crippen molar-refractivity contribution in [1.29, 1.82) is 0 Å². The van der Waals surface area contributed by atoms with Crippen LogP contribution in [0.25, 0.3) is 0 Å². The highest BCUT2D eigenvalue weighted by Gasteiger charge is 2.36. The highest BCUT2D eigenvalue weighted by molar-refractivity contribution is 6.22. The van der Waals surface area contributed by atoms with Crippen molar-refractivity contribution >= 4 is 17.7 Å². The molecule has 0 aliphatic carbocycles. The second-order valence-corrected chi connectivity index (χ2v) is 6.58. The van der Waals surface area contributed by atoms with Gasteiger partial charge in [-0.1, -0.05) is 38.1 Å². The second kappa shape index (κ2) is 7.07. The lowest BCUT2D eigenvalue weighted by atomic mass is 9.96. The molecule has 1 heterocycles. The van der Waals surface area contributed by atoms with Gasteiger partial charge in [0.1, 0.15) is 12.4 Å². The molecule has 1 atom stereocenters. The van der Waals surface area contributed by atoms with Gasteiger partial charge in [0.2, 0.25) is 5.91 Å². The lowest BCUT2D eigenvalue weighted by molar-refractivity contribution is -0.122. The summed E-state index contributed by atoms with van der Waals surface area (Å²) in [4.78, 5) is 38.1. The number of hydrogen-bond donors (Lipinski definition) is 1. The van der Waals surface area contributed by atoms with E-state index < -0.39 is 17.7 Å². The summed E-state index contributed by atoms with van der Waals surface area (Å²) >= 11 is 0. The van der Waals surface area contributed by atoms with Gasteiger partial charge in [-0.05, 0) is 35.7 Å². The first-order valence-corrected chi connectivity index (χ1v) is 8.38. The van der Waals surface area contributed by atoms with Crippen LogP contribution in [0.15, 0.2) is 48.5 Å². The van der Waals surface area contributed by atoms with Crippen LogP contribution in [0.3, 0.4) is 0 Å². The molecule has 0 saturated heterocycles. The fraction of sp³-hybridized carbons (Fsp3) is 0.250. The van der Waals surface area contributed by atoms with Crippen LogP contribution in [-0.4, -0.2) is 29.2 Å². The smallest absolute Gasteiger partial charge is 0.262 e. The maximum atomic E-state index is 13.1. The average Bonchev–Trinajstić information content (AvgIpc) is 2.86. The van der Waals surface area contributed by atoms with Gasteiger partial charge in [0.25, 0.3) is 11.8 Å². The first-order chi connectivity index (χ1) is 12.4. The van der Waals surface area contributed by atoms with Crippen molar-refractivity contribution in [2.24, 2.45) is 5.92 Å². The standard InChI is InChI=1S/C20H19FN2O3/c1-12(2)18(13-7-9-14(21)10-8-13)22-17(24)11-23-19(25)15-5-3-4-6-16(15)20(23)26/h3-10,12,18H,11H2,1-2H3,(H,22,24)/t18-/m0/s1. The SMILES string of the molecule is CC(C)[C@H](NC(=O)CN1C(=O)c2ccccc2C1=O)c1ccc(F)cc1. The Morgan fingerprint density at radius 1 is 1.00 bits per heavy atom. The molecule has 1 aliphatic rings. The molecule has 134 valence electrons. The van der Waals surface area contributed by atoms with E-state index >= 15 is 0 Å². The van der Waals surface area contributed by atoms with Crippen molar-refractivity contribution in [2.75, 3.05) is 6.54 Å². The van der Waals surface area contributed by atoms with E-state index in [9.17, 15) is 18.8 Å². The molecule has 6 heteroatoms. The maximum absolute atomic E-state index is 13.1. The molecule has 0 fully saturated rings. The minimum Gasteiger partial charge on any atom is -0.347 e. The van der Waals surface area contributed by atoms with Crippen LogP contribution in [0.1, 0.15) is 46.2 Å². The van der Waals surface area contributed by atoms with E-state index in [4.69, 9.17) is 0 Å². The number of amides is 3. The molecule has 0 bridgehead atoms. The van der Waals surface area contributed by atoms with E-state index in [1.54, 1.807) is 36.4 Å². The van der Waals surface area contributed by atoms with Gasteiger partial charge in [0.05, 0.1) is 17.2 Å². The minimum atomic E-state index is -0.469. The van der Waals surface area contributed by atoms with E-state index in [0.717, 1.165) is 10.5 Å². The number of nitrogens with zero attached hydrogens (tertiary/aromatic N) is 1. The summed E-state index contributed by atoms with van der Waals surface area (Å²) < 4.78 is 13.1. The largest absolute Gasteiger partial charge is 0.347 e. The minimum absolute atomic E-state index is 0.0478. The van der Waals surface area contributed by atoms with Crippen LogP contribution in [0, 0.1) is 11.7 Å². The summed E-state index contributed by atoms with van der Waals surface area (Å²) in [7, 11) is 0. The first kappa shape index (κ1) is 17.8. The molecule has 3 rings (SSSR count). The van der Waals surface area contributed by atoms with Crippen LogP contribution in [0.2, 0.25) is 0 Å². The summed E-state index contributed by atoms with van der Waals surface area (Å²) in [6, 6.07) is 12.0. The molecule has 3 amide bonds. The molecule has 0 saturated carbocycles. The summed E-state index contributed by atoms with van der Waals surface area (Å²) in [6.45, 7) is 3.50. The van der Waals surface area contributed by atoms with Crippen LogP contribution in [-0.2, 0) is 4.79 Å². The lowest BCUT2D eigenvalue weighted by Crippen LogP contribution is -2.42. The highest BCUT2D eigenvalue weighted by Crippen LogP contribution is 2.24. The number of hydrogen-bond acceptors (Lipinski definition) is 3. The van der Waals surface area contributed by atoms with Crippen molar-refractivity contribution in [3.05, 3.63) is 71.0 Å². The number of fused-ring (bicyclic) bond motifs is 1. The molecule has 1 N–H and O–H groups in total. The number of rotatable bonds is 5. The quantitative estimate of drug-likeness (QED) is 0.840. The van der Waals surface area contributed by atoms with Gasteiger partial charge in [-0.3, -0.25) is 19.3 Å². The normalized spacial score (nSPS) is 14.5. The zero-order chi connectivity index (χ0) is 18.8. The van der Waals surface area contributed by atoms with E-state index in [-0.39, 0.29) is 24.3 Å². The first-order valence-electron chi connectivity index (χ1n) is 8.38. The van der Waals surface area contributed by atoms with Crippen molar-refractivity contribution in [3.63, 3.8) is 0 Å². The molecule has 0 radical (unpaired) electrons. The number of carbonyl (C=O) groups excluding carboxylic acids is 3. The van der Waals surface area contributed by atoms with E-state index in [1.807, 2.05) is 13.8 Å². The number of carbonyl (C=O) groups is 3. The summed E-state index contributed by atoms with van der Waals surface area (Å²) in [5, 5.41) is 2.84. The molecule has 1 aliphatic heterocycles. The Labute approximate surface area is 150 Å². The molecule has 5 nitrogen and oxygen atoms in total. The maximum Gasteiger partial charge on any atom is 0.262 e. The molecular formula is C20H19FN2O3. The highest BCUT2D eigenvalue weighted by atomic mass is 19.1. The van der Waals surface area contributed by atoms with Crippen molar-refractivity contribution < 1.29 is 18.8 Å². The molecule has 0 aromatic heterocycles. The Balaban J connectivity index is 1.73. The third-order valence-corrected chi connectivity index (χ3v) is 4.39. The fourth-order valence-electron chi connectivity index (χ4n) is 3.05. The molecule has 2 aromatic rings. The second-order valence-electron chi connectivity index (χ2n) is 6.58. The Hall–Kier alpha value is -3.02. The van der Waals surface area contributed by atoms with Gasteiger partial charge in [-0.25, -0.2) is 4.39 Å². The summed E-state index contributed by atoms with van der Waals surface area (Å²) in [6.07, 6.45) is 0. The average molecular weight is 354 g/mol. The number of halogens is 1. The van der Waals surface area contributed by atoms with Crippen LogP contribution in [0.5, 0.6) is 0 Å². The van der Waals surface area contributed by atoms with E-state index in [2.05, 4.69) is 5.32 Å². The van der Waals surface area contributed by atoms with Gasteiger partial charge in [-0.2, -0.15) is 0 Å². The van der Waals surface area contributed by atoms with Crippen molar-refractivity contribution in [3.8, 4) is 0 Å². The monoisotopic (exact) mass is 354 g/mol. The third kappa shape index (κ3) is 3.35. The predicted octanol–water partition coefficient (Wildman–Crippen LogP) is 2.94. The number of nitrogens with one attached hydrogen (secondary N) is 1. The topological polar surface area (TPSA) is 66.5 Å². The van der Waals surface area contributed by atoms with Crippen molar-refractivity contribution in [2.45, 2.75) is 19.9 Å². The summed E-state index contributed by atoms with van der Waals surface area (Å²) in [5.41, 5.74) is 1.38. The van der Waals surface area contributed by atoms with Crippen molar-refractivity contribution in [1.82, 2.24) is 10.2 Å². The molecular weight excluding hydrogens is 335 g/mol. The van der Waals surface area contributed by atoms with Gasteiger partial charge in [0.15, 0.2) is 0 Å². The fourth-order valence-corrected chi connectivity index (χ4v) is 3.05. The Kier molecular flexibility index (Phi) is 4.84. The van der Waals surface area contributed by atoms with E-state index in [1.165, 1.54) is 12.1 Å². The Bertz CT molecular complexity index is 827. The zero-order valence-corrected chi connectivity index (χ0v) is 14.5. The molecule has 0 spiro atoms. The third-order valence-electron chi connectivity index (χ3n) is 4.39. The van der Waals surface area contributed by atoms with Crippen LogP contribution in [0.4, 0.5) is 4.39 Å². The van der Waals surface area contributed by atoms with Gasteiger partial charge >= 0.3 is 0 Å². The number of benzene rings is 2. The number of imide groups is 1. The van der Waals surface area contributed by atoms with Gasteiger partial charge in [-0.15, -0.1) is 0 Å². The van der Waals surface area contributed by atoms with E-state index in [0.29, 0.717) is 11.1 Å². The Morgan fingerprint density at radius 2 is 1.54 bits per heavy atom. The zero-order valence-electron chi connectivity index (χ0n) is 14.5. The van der Waals surface area contributed by atoms with Gasteiger partial charge < -0.3 is 5.32 Å². The molecule has 2 aromatic carbocycles. The van der Waals surface area contributed by atoms with Crippen LogP contribution >= 0.6 is 0 Å². The lowest BCUT2D eigenvalue weighted by Gasteiger charge is -2.24. The van der Waals surface area contributed by atoms with Gasteiger partial charge in [0, 0.05) is 0 Å². The summed E-state index contributed by atoms with van der Waals surface area (Å²) in [5.74, 6) is -1.69. The molecule has 26 heavy (non-hydrogen) atoms. The Morgan fingerprint density at radius 3 is 2.04 bits per heavy atom. The predicted molar refractivity (Wildman–Crippen MR) is 93.9 cm³/mol. The molecule has 0 unspecified atom stereocenters.